The monoisotopic (exact) mass is 377 g/mol. The molecule has 0 spiro atoms. The van der Waals surface area contributed by atoms with Gasteiger partial charge in [0.1, 0.15) is 16.2 Å². The van der Waals surface area contributed by atoms with Crippen molar-refractivity contribution in [1.29, 1.82) is 0 Å². The number of rotatable bonds is 6. The summed E-state index contributed by atoms with van der Waals surface area (Å²) in [4.78, 5) is 36.7. The number of thioether (sulfide) groups is 1. The minimum absolute atomic E-state index is 0.317. The largest absolute Gasteiger partial charge is 0.332 e. The van der Waals surface area contributed by atoms with Gasteiger partial charge in [-0.3, -0.25) is 13.9 Å². The SMILES string of the molecule is CC(C)Cc1nc(SCCN2CCCC2)c2c(=O)n(C)c(=O)n(C)c2n1. The van der Waals surface area contributed by atoms with E-state index in [1.807, 2.05) is 0 Å². The van der Waals surface area contributed by atoms with Crippen LogP contribution in [0.2, 0.25) is 0 Å². The summed E-state index contributed by atoms with van der Waals surface area (Å²) < 4.78 is 2.59. The summed E-state index contributed by atoms with van der Waals surface area (Å²) >= 11 is 1.59. The number of hydrogen-bond donors (Lipinski definition) is 0. The lowest BCUT2D eigenvalue weighted by molar-refractivity contribution is 0.362. The Morgan fingerprint density at radius 3 is 2.42 bits per heavy atom. The van der Waals surface area contributed by atoms with Crippen molar-refractivity contribution in [2.24, 2.45) is 20.0 Å². The van der Waals surface area contributed by atoms with Crippen LogP contribution in [0.1, 0.15) is 32.5 Å². The first-order valence-electron chi connectivity index (χ1n) is 9.20. The summed E-state index contributed by atoms with van der Waals surface area (Å²) in [6, 6.07) is 0. The van der Waals surface area contributed by atoms with Gasteiger partial charge in [-0.05, 0) is 31.8 Å². The van der Waals surface area contributed by atoms with Crippen molar-refractivity contribution >= 4 is 22.8 Å². The number of fused-ring (bicyclic) bond motifs is 1. The maximum Gasteiger partial charge on any atom is 0.332 e. The van der Waals surface area contributed by atoms with E-state index in [9.17, 15) is 9.59 Å². The van der Waals surface area contributed by atoms with E-state index < -0.39 is 0 Å². The zero-order valence-electron chi connectivity index (χ0n) is 16.0. The van der Waals surface area contributed by atoms with Gasteiger partial charge in [-0.2, -0.15) is 0 Å². The van der Waals surface area contributed by atoms with E-state index in [-0.39, 0.29) is 11.2 Å². The summed E-state index contributed by atoms with van der Waals surface area (Å²) in [5.41, 5.74) is -0.236. The number of hydrogen-bond acceptors (Lipinski definition) is 6. The van der Waals surface area contributed by atoms with Crippen molar-refractivity contribution in [2.45, 2.75) is 38.1 Å². The minimum Gasteiger partial charge on any atom is -0.303 e. The molecule has 0 radical (unpaired) electrons. The second-order valence-corrected chi connectivity index (χ2v) is 8.43. The Morgan fingerprint density at radius 2 is 1.77 bits per heavy atom. The van der Waals surface area contributed by atoms with Gasteiger partial charge in [0.05, 0.1) is 0 Å². The average Bonchev–Trinajstić information content (AvgIpc) is 3.10. The van der Waals surface area contributed by atoms with E-state index in [2.05, 4.69) is 28.7 Å². The van der Waals surface area contributed by atoms with Gasteiger partial charge in [-0.1, -0.05) is 13.8 Å². The van der Waals surface area contributed by atoms with Crippen molar-refractivity contribution in [3.8, 4) is 0 Å². The highest BCUT2D eigenvalue weighted by molar-refractivity contribution is 7.99. The molecular weight excluding hydrogens is 350 g/mol. The third kappa shape index (κ3) is 3.86. The fourth-order valence-electron chi connectivity index (χ4n) is 3.31. The lowest BCUT2D eigenvalue weighted by Crippen LogP contribution is -2.38. The average molecular weight is 378 g/mol. The first-order valence-corrected chi connectivity index (χ1v) is 10.2. The van der Waals surface area contributed by atoms with E-state index in [1.165, 1.54) is 24.5 Å². The maximum absolute atomic E-state index is 12.7. The fourth-order valence-corrected chi connectivity index (χ4v) is 4.35. The standard InChI is InChI=1S/C18H27N5O2S/c1-12(2)11-13-19-15-14(17(24)22(4)18(25)21(15)3)16(20-13)26-10-9-23-7-5-6-8-23/h12H,5-11H2,1-4H3. The number of nitrogens with zero attached hydrogens (tertiary/aromatic N) is 5. The second-order valence-electron chi connectivity index (χ2n) is 7.34. The smallest absolute Gasteiger partial charge is 0.303 e. The molecule has 1 saturated heterocycles. The molecule has 7 nitrogen and oxygen atoms in total. The molecule has 0 aliphatic carbocycles. The Balaban J connectivity index is 2.02. The van der Waals surface area contributed by atoms with E-state index in [0.717, 1.165) is 36.4 Å². The Hall–Kier alpha value is -1.67. The highest BCUT2D eigenvalue weighted by atomic mass is 32.2. The van der Waals surface area contributed by atoms with Gasteiger partial charge >= 0.3 is 5.69 Å². The first-order chi connectivity index (χ1) is 12.4. The molecule has 0 bridgehead atoms. The van der Waals surface area contributed by atoms with Crippen LogP contribution < -0.4 is 11.2 Å². The maximum atomic E-state index is 12.7. The number of aromatic nitrogens is 4. The number of aryl methyl sites for hydroxylation is 1. The van der Waals surface area contributed by atoms with Crippen LogP contribution in [0.15, 0.2) is 14.6 Å². The third-order valence-corrected chi connectivity index (χ3v) is 5.70. The second kappa shape index (κ2) is 7.92. The molecule has 0 atom stereocenters. The van der Waals surface area contributed by atoms with Crippen LogP contribution >= 0.6 is 11.8 Å². The Morgan fingerprint density at radius 1 is 1.08 bits per heavy atom. The van der Waals surface area contributed by atoms with Crippen LogP contribution in [0.5, 0.6) is 0 Å². The predicted octanol–water partition coefficient (Wildman–Crippen LogP) is 1.41. The van der Waals surface area contributed by atoms with Gasteiger partial charge in [0, 0.05) is 32.8 Å². The highest BCUT2D eigenvalue weighted by Gasteiger charge is 2.18. The van der Waals surface area contributed by atoms with Gasteiger partial charge in [0.15, 0.2) is 5.65 Å². The predicted molar refractivity (Wildman–Crippen MR) is 105 cm³/mol. The van der Waals surface area contributed by atoms with E-state index in [0.29, 0.717) is 27.8 Å². The van der Waals surface area contributed by atoms with E-state index in [4.69, 9.17) is 0 Å². The van der Waals surface area contributed by atoms with Crippen molar-refractivity contribution < 1.29 is 0 Å². The van der Waals surface area contributed by atoms with Crippen LogP contribution in [0.3, 0.4) is 0 Å². The molecule has 1 aliphatic rings. The molecule has 3 rings (SSSR count). The quantitative estimate of drug-likeness (QED) is 0.560. The van der Waals surface area contributed by atoms with Crippen LogP contribution in [-0.4, -0.2) is 49.4 Å². The van der Waals surface area contributed by atoms with E-state index >= 15 is 0 Å². The summed E-state index contributed by atoms with van der Waals surface area (Å²) in [7, 11) is 3.17. The zero-order chi connectivity index (χ0) is 18.8. The van der Waals surface area contributed by atoms with Gasteiger partial charge in [-0.15, -0.1) is 11.8 Å². The van der Waals surface area contributed by atoms with Crippen LogP contribution in [0.4, 0.5) is 0 Å². The van der Waals surface area contributed by atoms with Crippen molar-refractivity contribution in [3.05, 3.63) is 26.7 Å². The molecule has 1 fully saturated rings. The molecule has 2 aromatic rings. The first kappa shape index (κ1) is 19.1. The summed E-state index contributed by atoms with van der Waals surface area (Å²) in [5.74, 6) is 1.97. The molecule has 0 N–H and O–H groups in total. The molecule has 142 valence electrons. The van der Waals surface area contributed by atoms with Crippen molar-refractivity contribution in [3.63, 3.8) is 0 Å². The molecule has 0 aromatic carbocycles. The molecule has 0 unspecified atom stereocenters. The summed E-state index contributed by atoms with van der Waals surface area (Å²) in [6.45, 7) is 7.51. The van der Waals surface area contributed by atoms with Crippen LogP contribution in [0, 0.1) is 5.92 Å². The molecular formula is C18H27N5O2S. The molecule has 1 aliphatic heterocycles. The van der Waals surface area contributed by atoms with Crippen LogP contribution in [-0.2, 0) is 20.5 Å². The molecule has 8 heteroatoms. The third-order valence-electron chi connectivity index (χ3n) is 4.75. The summed E-state index contributed by atoms with van der Waals surface area (Å²) in [6.07, 6.45) is 3.25. The van der Waals surface area contributed by atoms with Crippen molar-refractivity contribution in [1.82, 2.24) is 24.0 Å². The summed E-state index contributed by atoms with van der Waals surface area (Å²) in [5, 5.41) is 1.15. The lowest BCUT2D eigenvalue weighted by Gasteiger charge is -2.15. The Kier molecular flexibility index (Phi) is 5.82. The van der Waals surface area contributed by atoms with Crippen molar-refractivity contribution in [2.75, 3.05) is 25.4 Å². The topological polar surface area (TPSA) is 73.0 Å². The number of likely N-dealkylation sites (tertiary alicyclic amines) is 1. The molecule has 26 heavy (non-hydrogen) atoms. The molecule has 3 heterocycles. The van der Waals surface area contributed by atoms with Gasteiger partial charge in [0.25, 0.3) is 5.56 Å². The molecule has 0 amide bonds. The fraction of sp³-hybridized carbons (Fsp3) is 0.667. The Bertz CT molecular complexity index is 912. The highest BCUT2D eigenvalue weighted by Crippen LogP contribution is 2.23. The van der Waals surface area contributed by atoms with E-state index in [1.54, 1.807) is 18.8 Å². The lowest BCUT2D eigenvalue weighted by atomic mass is 10.1. The molecule has 0 saturated carbocycles. The zero-order valence-corrected chi connectivity index (χ0v) is 16.8. The van der Waals surface area contributed by atoms with Gasteiger partial charge in [-0.25, -0.2) is 14.8 Å². The van der Waals surface area contributed by atoms with Crippen LogP contribution in [0.25, 0.3) is 11.0 Å². The minimum atomic E-state index is -0.357. The molecule has 2 aromatic heterocycles. The van der Waals surface area contributed by atoms with Gasteiger partial charge < -0.3 is 4.90 Å². The Labute approximate surface area is 157 Å². The van der Waals surface area contributed by atoms with Gasteiger partial charge in [0.2, 0.25) is 0 Å². The normalized spacial score (nSPS) is 15.4.